The molecule has 1 unspecified atom stereocenters. The van der Waals surface area contributed by atoms with Crippen molar-refractivity contribution < 1.29 is 23.8 Å². The minimum Gasteiger partial charge on any atom is -0.507 e. The fourth-order valence-electron chi connectivity index (χ4n) is 4.02. The molecule has 2 aromatic carbocycles. The molecule has 2 aromatic heterocycles. The number of pyridine rings is 1. The van der Waals surface area contributed by atoms with Crippen molar-refractivity contribution in [2.45, 2.75) is 16.1 Å². The second-order valence-corrected chi connectivity index (χ2v) is 10.5. The van der Waals surface area contributed by atoms with Crippen LogP contribution in [-0.2, 0) is 15.3 Å². The predicted molar refractivity (Wildman–Crippen MR) is 147 cm³/mol. The summed E-state index contributed by atoms with van der Waals surface area (Å²) in [6.45, 7) is 3.93. The van der Waals surface area contributed by atoms with E-state index in [9.17, 15) is 19.1 Å². The number of thioether (sulfide) groups is 1. The van der Waals surface area contributed by atoms with Crippen LogP contribution in [0.1, 0.15) is 22.7 Å². The lowest BCUT2D eigenvalue weighted by atomic mass is 9.95. The fourth-order valence-corrected chi connectivity index (χ4v) is 5.85. The second kappa shape index (κ2) is 11.6. The molecule has 4 aromatic rings. The Hall–Kier alpha value is -4.35. The molecule has 0 spiro atoms. The number of aromatic nitrogens is 3. The van der Waals surface area contributed by atoms with Crippen molar-refractivity contribution in [1.82, 2.24) is 15.2 Å². The van der Waals surface area contributed by atoms with Crippen LogP contribution in [0.25, 0.3) is 5.76 Å². The molecule has 0 saturated carbocycles. The lowest BCUT2D eigenvalue weighted by Gasteiger charge is -2.23. The molecule has 0 aliphatic carbocycles. The zero-order valence-corrected chi connectivity index (χ0v) is 22.0. The van der Waals surface area contributed by atoms with Gasteiger partial charge in [0.2, 0.25) is 5.13 Å². The maximum atomic E-state index is 13.4. The lowest BCUT2D eigenvalue weighted by Crippen LogP contribution is -2.29. The SMILES string of the molecule is C=CCOc1cccc(C2C(=C(O)c3ccncc3)C(=O)C(=O)N2c2nnc(SCc3ccc(F)cc3)s2)c1. The molecule has 1 atom stereocenters. The monoisotopic (exact) mass is 560 g/mol. The van der Waals surface area contributed by atoms with Crippen LogP contribution in [0, 0.1) is 5.82 Å². The number of ketones is 1. The molecule has 8 nitrogen and oxygen atoms in total. The summed E-state index contributed by atoms with van der Waals surface area (Å²) in [4.78, 5) is 31.9. The van der Waals surface area contributed by atoms with E-state index < -0.39 is 17.7 Å². The van der Waals surface area contributed by atoms with Gasteiger partial charge in [-0.2, -0.15) is 0 Å². The maximum absolute atomic E-state index is 13.4. The number of carbonyl (C=O) groups excluding carboxylic acids is 2. The lowest BCUT2D eigenvalue weighted by molar-refractivity contribution is -0.132. The smallest absolute Gasteiger partial charge is 0.301 e. The number of halogens is 1. The first-order valence-electron chi connectivity index (χ1n) is 11.7. The summed E-state index contributed by atoms with van der Waals surface area (Å²) in [6.07, 6.45) is 4.58. The normalized spacial score (nSPS) is 16.4. The van der Waals surface area contributed by atoms with Gasteiger partial charge in [-0.25, -0.2) is 4.39 Å². The zero-order chi connectivity index (χ0) is 27.4. The van der Waals surface area contributed by atoms with Crippen molar-refractivity contribution in [3.05, 3.63) is 114 Å². The van der Waals surface area contributed by atoms with Crippen LogP contribution >= 0.6 is 23.1 Å². The molecule has 1 aliphatic heterocycles. The van der Waals surface area contributed by atoms with E-state index in [1.54, 1.807) is 54.6 Å². The van der Waals surface area contributed by atoms with E-state index in [1.165, 1.54) is 41.2 Å². The first-order chi connectivity index (χ1) is 19.0. The Bertz CT molecular complexity index is 1560. The van der Waals surface area contributed by atoms with Gasteiger partial charge < -0.3 is 9.84 Å². The summed E-state index contributed by atoms with van der Waals surface area (Å²) in [5, 5.41) is 19.8. The van der Waals surface area contributed by atoms with Gasteiger partial charge in [0.05, 0.1) is 11.6 Å². The third kappa shape index (κ3) is 5.59. The van der Waals surface area contributed by atoms with E-state index in [4.69, 9.17) is 4.74 Å². The number of carbonyl (C=O) groups is 2. The van der Waals surface area contributed by atoms with Gasteiger partial charge in [0.15, 0.2) is 4.34 Å². The Labute approximate surface area is 231 Å². The first kappa shape index (κ1) is 26.3. The summed E-state index contributed by atoms with van der Waals surface area (Å²) in [5.41, 5.74) is 1.71. The number of ether oxygens (including phenoxy) is 1. The standard InChI is InChI=1S/C28H21FN4O4S2/c1-2-14-37-21-5-3-4-19(15-21)23-22(24(34)18-10-12-30-13-11-18)25(35)26(36)33(23)27-31-32-28(39-27)38-16-17-6-8-20(29)9-7-17/h2-13,15,23,34H,1,14,16H2. The Morgan fingerprint density at radius 1 is 1.13 bits per heavy atom. The first-order valence-corrected chi connectivity index (χ1v) is 13.5. The summed E-state index contributed by atoms with van der Waals surface area (Å²) < 4.78 is 19.5. The fraction of sp³-hybridized carbons (Fsp3) is 0.107. The second-order valence-electron chi connectivity index (χ2n) is 8.34. The number of hydrogen-bond acceptors (Lipinski definition) is 9. The van der Waals surface area contributed by atoms with Crippen LogP contribution in [0.2, 0.25) is 0 Å². The number of Topliss-reactive ketones (excluding diaryl/α,β-unsaturated/α-hetero) is 1. The molecule has 1 N–H and O–H groups in total. The van der Waals surface area contributed by atoms with Crippen LogP contribution < -0.4 is 9.64 Å². The molecule has 0 radical (unpaired) electrons. The number of amides is 1. The van der Waals surface area contributed by atoms with Crippen molar-refractivity contribution in [3.63, 3.8) is 0 Å². The highest BCUT2D eigenvalue weighted by atomic mass is 32.2. The van der Waals surface area contributed by atoms with Crippen LogP contribution in [0.4, 0.5) is 9.52 Å². The van der Waals surface area contributed by atoms with E-state index in [0.717, 1.165) is 16.9 Å². The van der Waals surface area contributed by atoms with Crippen LogP contribution in [0.3, 0.4) is 0 Å². The Morgan fingerprint density at radius 2 is 1.90 bits per heavy atom. The average Bonchev–Trinajstić information content (AvgIpc) is 3.53. The minimum absolute atomic E-state index is 0.0808. The summed E-state index contributed by atoms with van der Waals surface area (Å²) in [7, 11) is 0. The van der Waals surface area contributed by atoms with Gasteiger partial charge in [-0.1, -0.05) is 60.0 Å². The minimum atomic E-state index is -0.978. The highest BCUT2D eigenvalue weighted by Crippen LogP contribution is 2.44. The number of anilines is 1. The quantitative estimate of drug-likeness (QED) is 0.0709. The van der Waals surface area contributed by atoms with Gasteiger partial charge in [0.1, 0.15) is 23.9 Å². The van der Waals surface area contributed by atoms with Crippen LogP contribution in [-0.4, -0.2) is 38.6 Å². The third-order valence-corrected chi connectivity index (χ3v) is 7.94. The highest BCUT2D eigenvalue weighted by molar-refractivity contribution is 8.00. The van der Waals surface area contributed by atoms with Crippen molar-refractivity contribution in [3.8, 4) is 5.75 Å². The molecule has 11 heteroatoms. The van der Waals surface area contributed by atoms with Crippen molar-refractivity contribution in [1.29, 1.82) is 0 Å². The van der Waals surface area contributed by atoms with E-state index in [0.29, 0.717) is 27.0 Å². The van der Waals surface area contributed by atoms with Gasteiger partial charge in [-0.05, 0) is 47.5 Å². The topological polar surface area (TPSA) is 106 Å². The summed E-state index contributed by atoms with van der Waals surface area (Å²) in [5.74, 6) is -1.29. The summed E-state index contributed by atoms with van der Waals surface area (Å²) in [6, 6.07) is 15.2. The molecule has 0 bridgehead atoms. The average molecular weight is 561 g/mol. The molecular weight excluding hydrogens is 539 g/mol. The van der Waals surface area contributed by atoms with E-state index in [-0.39, 0.29) is 28.9 Å². The number of hydrogen-bond donors (Lipinski definition) is 1. The third-order valence-electron chi connectivity index (χ3n) is 5.82. The highest BCUT2D eigenvalue weighted by Gasteiger charge is 2.48. The number of rotatable bonds is 9. The van der Waals surface area contributed by atoms with E-state index in [2.05, 4.69) is 21.8 Å². The Morgan fingerprint density at radius 3 is 2.64 bits per heavy atom. The molecule has 1 fully saturated rings. The van der Waals surface area contributed by atoms with Crippen molar-refractivity contribution in [2.75, 3.05) is 11.5 Å². The van der Waals surface area contributed by atoms with Gasteiger partial charge >= 0.3 is 5.91 Å². The molecule has 1 amide bonds. The predicted octanol–water partition coefficient (Wildman–Crippen LogP) is 5.56. The molecular formula is C28H21FN4O4S2. The molecule has 1 saturated heterocycles. The number of nitrogens with zero attached hydrogens (tertiary/aromatic N) is 4. The van der Waals surface area contributed by atoms with E-state index in [1.807, 2.05) is 0 Å². The van der Waals surface area contributed by atoms with Crippen LogP contribution in [0.5, 0.6) is 5.75 Å². The number of benzene rings is 2. The molecule has 3 heterocycles. The molecule has 1 aliphatic rings. The maximum Gasteiger partial charge on any atom is 0.301 e. The van der Waals surface area contributed by atoms with E-state index >= 15 is 0 Å². The van der Waals surface area contributed by atoms with Gasteiger partial charge in [0, 0.05) is 23.7 Å². The Kier molecular flexibility index (Phi) is 7.80. The zero-order valence-electron chi connectivity index (χ0n) is 20.4. The van der Waals surface area contributed by atoms with Crippen molar-refractivity contribution >= 4 is 45.7 Å². The van der Waals surface area contributed by atoms with Crippen LogP contribution in [0.15, 0.2) is 95.6 Å². The number of aliphatic hydroxyl groups excluding tert-OH is 1. The van der Waals surface area contributed by atoms with Crippen molar-refractivity contribution in [2.24, 2.45) is 0 Å². The van der Waals surface area contributed by atoms with Gasteiger partial charge in [-0.3, -0.25) is 19.5 Å². The number of aliphatic hydroxyl groups is 1. The molecule has 5 rings (SSSR count). The molecule has 39 heavy (non-hydrogen) atoms. The Balaban J connectivity index is 1.54. The van der Waals surface area contributed by atoms with Gasteiger partial charge in [-0.15, -0.1) is 10.2 Å². The largest absolute Gasteiger partial charge is 0.507 e. The molecule has 196 valence electrons. The van der Waals surface area contributed by atoms with Gasteiger partial charge in [0.25, 0.3) is 5.78 Å². The summed E-state index contributed by atoms with van der Waals surface area (Å²) >= 11 is 2.52.